The summed E-state index contributed by atoms with van der Waals surface area (Å²) in [5, 5.41) is 0.718. The van der Waals surface area contributed by atoms with Crippen LogP contribution < -0.4 is 0 Å². The Hall–Kier alpha value is -2.33. The normalized spacial score (nSPS) is 26.9. The molecule has 1 fully saturated rings. The lowest BCUT2D eigenvalue weighted by Crippen LogP contribution is -2.30. The quantitative estimate of drug-likeness (QED) is 0.562. The van der Waals surface area contributed by atoms with Crippen LogP contribution in [-0.2, 0) is 0 Å². The van der Waals surface area contributed by atoms with Crippen molar-refractivity contribution in [3.8, 4) is 0 Å². The average Bonchev–Trinajstić information content (AvgIpc) is 3.01. The smallest absolute Gasteiger partial charge is 0.254 e. The Bertz CT molecular complexity index is 1180. The van der Waals surface area contributed by atoms with Gasteiger partial charge in [0.1, 0.15) is 5.82 Å². The summed E-state index contributed by atoms with van der Waals surface area (Å²) < 4.78 is 2.34. The van der Waals surface area contributed by atoms with Crippen molar-refractivity contribution in [3.63, 3.8) is 0 Å². The fourth-order valence-electron chi connectivity index (χ4n) is 5.42. The SMILES string of the molecule is CN1C(=O)c2cccc(C3CC3(C)C)c2[C@@H]2C[C@H]1c1nc3ccc(Cl)cc3n12. The highest BCUT2D eigenvalue weighted by Crippen LogP contribution is 2.61. The lowest BCUT2D eigenvalue weighted by molar-refractivity contribution is 0.0734. The number of carbonyl (C=O) groups excluding carboxylic acids is 1. The number of benzene rings is 2. The second-order valence-corrected chi connectivity index (χ2v) is 9.65. The molecule has 0 N–H and O–H groups in total. The molecule has 142 valence electrons. The van der Waals surface area contributed by atoms with Crippen molar-refractivity contribution in [3.05, 3.63) is 63.9 Å². The lowest BCUT2D eigenvalue weighted by Gasteiger charge is -2.25. The van der Waals surface area contributed by atoms with Gasteiger partial charge in [0, 0.05) is 24.1 Å². The first-order valence-electron chi connectivity index (χ1n) is 9.94. The number of halogens is 1. The Kier molecular flexibility index (Phi) is 3.07. The largest absolute Gasteiger partial charge is 0.331 e. The van der Waals surface area contributed by atoms with E-state index >= 15 is 0 Å². The number of fused-ring (bicyclic) bond motifs is 9. The van der Waals surface area contributed by atoms with Crippen molar-refractivity contribution in [1.82, 2.24) is 14.5 Å². The van der Waals surface area contributed by atoms with Crippen molar-refractivity contribution >= 4 is 28.5 Å². The van der Waals surface area contributed by atoms with Crippen LogP contribution in [0.3, 0.4) is 0 Å². The topological polar surface area (TPSA) is 38.1 Å². The van der Waals surface area contributed by atoms with E-state index in [1.807, 2.05) is 36.2 Å². The van der Waals surface area contributed by atoms with Crippen LogP contribution in [0.4, 0.5) is 0 Å². The molecule has 2 aromatic carbocycles. The number of amides is 1. The Morgan fingerprint density at radius 1 is 1.18 bits per heavy atom. The van der Waals surface area contributed by atoms with Gasteiger partial charge in [-0.2, -0.15) is 0 Å². The minimum absolute atomic E-state index is 0.00358. The maximum Gasteiger partial charge on any atom is 0.254 e. The maximum absolute atomic E-state index is 13.3. The Labute approximate surface area is 169 Å². The number of hydrogen-bond acceptors (Lipinski definition) is 2. The standard InChI is InChI=1S/C23H22ClN3O/c1-23(2)11-15(23)13-5-4-6-14-20(13)18-10-19(26(3)22(14)28)21-25-16-8-7-12(24)9-17(16)27(18)21/h4-9,15,18-19H,10-11H2,1-3H3/t15?,18-,19-/m0/s1. The fraction of sp³-hybridized carbons (Fsp3) is 0.391. The van der Waals surface area contributed by atoms with E-state index in [4.69, 9.17) is 16.6 Å². The van der Waals surface area contributed by atoms with Gasteiger partial charge in [-0.05, 0) is 53.1 Å². The van der Waals surface area contributed by atoms with E-state index in [0.717, 1.165) is 33.9 Å². The molecule has 6 rings (SSSR count). The molecule has 1 aliphatic carbocycles. The molecular formula is C23H22ClN3O. The van der Waals surface area contributed by atoms with E-state index in [0.29, 0.717) is 11.3 Å². The van der Waals surface area contributed by atoms with E-state index in [9.17, 15) is 4.79 Å². The summed E-state index contributed by atoms with van der Waals surface area (Å²) in [5.41, 5.74) is 5.71. The number of rotatable bonds is 1. The van der Waals surface area contributed by atoms with Crippen LogP contribution in [0.25, 0.3) is 11.0 Å². The molecule has 2 bridgehead atoms. The Morgan fingerprint density at radius 3 is 2.71 bits per heavy atom. The van der Waals surface area contributed by atoms with Gasteiger partial charge in [0.2, 0.25) is 0 Å². The molecular weight excluding hydrogens is 370 g/mol. The lowest BCUT2D eigenvalue weighted by atomic mass is 9.89. The maximum atomic E-state index is 13.3. The number of imidazole rings is 1. The molecule has 3 aromatic rings. The number of aromatic nitrogens is 2. The minimum Gasteiger partial charge on any atom is -0.331 e. The van der Waals surface area contributed by atoms with Gasteiger partial charge < -0.3 is 9.47 Å². The van der Waals surface area contributed by atoms with Crippen LogP contribution in [0.5, 0.6) is 0 Å². The highest BCUT2D eigenvalue weighted by atomic mass is 35.5. The zero-order valence-corrected chi connectivity index (χ0v) is 17.0. The van der Waals surface area contributed by atoms with Crippen LogP contribution in [0, 0.1) is 5.41 Å². The Balaban J connectivity index is 1.67. The second-order valence-electron chi connectivity index (χ2n) is 9.21. The summed E-state index contributed by atoms with van der Waals surface area (Å²) in [6, 6.07) is 12.3. The summed E-state index contributed by atoms with van der Waals surface area (Å²) >= 11 is 6.33. The van der Waals surface area contributed by atoms with Crippen LogP contribution in [-0.4, -0.2) is 27.4 Å². The third-order valence-corrected chi connectivity index (χ3v) is 7.35. The van der Waals surface area contributed by atoms with Gasteiger partial charge >= 0.3 is 0 Å². The highest BCUT2D eigenvalue weighted by molar-refractivity contribution is 6.31. The van der Waals surface area contributed by atoms with E-state index in [1.165, 1.54) is 17.5 Å². The van der Waals surface area contributed by atoms with E-state index < -0.39 is 0 Å². The van der Waals surface area contributed by atoms with Gasteiger partial charge in [0.15, 0.2) is 0 Å². The van der Waals surface area contributed by atoms with Crippen molar-refractivity contribution < 1.29 is 4.79 Å². The third-order valence-electron chi connectivity index (χ3n) is 7.12. The van der Waals surface area contributed by atoms with Crippen molar-refractivity contribution in [1.29, 1.82) is 0 Å². The molecule has 1 amide bonds. The van der Waals surface area contributed by atoms with Gasteiger partial charge in [-0.15, -0.1) is 0 Å². The molecule has 3 aliphatic rings. The molecule has 3 atom stereocenters. The number of carbonyl (C=O) groups is 1. The van der Waals surface area contributed by atoms with Crippen molar-refractivity contribution in [2.75, 3.05) is 7.05 Å². The molecule has 5 heteroatoms. The predicted octanol–water partition coefficient (Wildman–Crippen LogP) is 5.32. The summed E-state index contributed by atoms with van der Waals surface area (Å²) in [6.45, 7) is 4.63. The van der Waals surface area contributed by atoms with Gasteiger partial charge in [-0.3, -0.25) is 4.79 Å². The van der Waals surface area contributed by atoms with E-state index in [2.05, 4.69) is 30.5 Å². The molecule has 2 aliphatic heterocycles. The molecule has 0 radical (unpaired) electrons. The van der Waals surface area contributed by atoms with Crippen LogP contribution in [0.1, 0.15) is 72.0 Å². The van der Waals surface area contributed by atoms with Crippen LogP contribution in [0.15, 0.2) is 36.4 Å². The summed E-state index contributed by atoms with van der Waals surface area (Å²) in [5.74, 6) is 1.60. The van der Waals surface area contributed by atoms with Gasteiger partial charge in [-0.1, -0.05) is 37.6 Å². The van der Waals surface area contributed by atoms with E-state index in [-0.39, 0.29) is 18.0 Å². The zero-order chi connectivity index (χ0) is 19.4. The number of hydrogen-bond donors (Lipinski definition) is 0. The predicted molar refractivity (Wildman–Crippen MR) is 110 cm³/mol. The number of nitrogens with zero attached hydrogens (tertiary/aromatic N) is 3. The second kappa shape index (κ2) is 5.18. The van der Waals surface area contributed by atoms with Crippen LogP contribution >= 0.6 is 11.6 Å². The summed E-state index contributed by atoms with van der Waals surface area (Å²) in [6.07, 6.45) is 2.05. The average molecular weight is 392 g/mol. The summed E-state index contributed by atoms with van der Waals surface area (Å²) in [7, 11) is 1.91. The van der Waals surface area contributed by atoms with E-state index in [1.54, 1.807) is 0 Å². The minimum atomic E-state index is -0.00358. The molecule has 28 heavy (non-hydrogen) atoms. The molecule has 1 aromatic heterocycles. The summed E-state index contributed by atoms with van der Waals surface area (Å²) in [4.78, 5) is 20.1. The highest BCUT2D eigenvalue weighted by Gasteiger charge is 2.51. The van der Waals surface area contributed by atoms with Gasteiger partial charge in [0.25, 0.3) is 5.91 Å². The monoisotopic (exact) mass is 391 g/mol. The first-order valence-corrected chi connectivity index (χ1v) is 10.3. The zero-order valence-electron chi connectivity index (χ0n) is 16.2. The fourth-order valence-corrected chi connectivity index (χ4v) is 5.59. The molecule has 0 spiro atoms. The molecule has 3 heterocycles. The first-order chi connectivity index (χ1) is 13.4. The third kappa shape index (κ3) is 2.02. The molecule has 0 saturated heterocycles. The van der Waals surface area contributed by atoms with Crippen LogP contribution in [0.2, 0.25) is 5.02 Å². The molecule has 1 unspecified atom stereocenters. The Morgan fingerprint density at radius 2 is 1.96 bits per heavy atom. The molecule has 1 saturated carbocycles. The molecule has 4 nitrogen and oxygen atoms in total. The van der Waals surface area contributed by atoms with Gasteiger partial charge in [-0.25, -0.2) is 4.98 Å². The van der Waals surface area contributed by atoms with Crippen molar-refractivity contribution in [2.45, 2.75) is 44.7 Å². The van der Waals surface area contributed by atoms with Crippen molar-refractivity contribution in [2.24, 2.45) is 5.41 Å². The van der Waals surface area contributed by atoms with Gasteiger partial charge in [0.05, 0.1) is 23.1 Å². The first kappa shape index (κ1) is 16.6.